The van der Waals surface area contributed by atoms with E-state index in [1.807, 2.05) is 6.92 Å². The number of aromatic nitrogens is 2. The maximum atomic E-state index is 12.5. The van der Waals surface area contributed by atoms with Crippen molar-refractivity contribution in [2.45, 2.75) is 70.9 Å². The zero-order valence-electron chi connectivity index (χ0n) is 13.5. The lowest BCUT2D eigenvalue weighted by Gasteiger charge is -2.14. The molecule has 1 aromatic rings. The van der Waals surface area contributed by atoms with Crippen molar-refractivity contribution >= 4 is 10.0 Å². The number of aryl methyl sites for hydroxylation is 1. The summed E-state index contributed by atoms with van der Waals surface area (Å²) in [5.74, 6) is 0. The number of rotatable bonds is 9. The van der Waals surface area contributed by atoms with E-state index in [-0.39, 0.29) is 6.04 Å². The summed E-state index contributed by atoms with van der Waals surface area (Å²) < 4.78 is 29.5. The van der Waals surface area contributed by atoms with Gasteiger partial charge in [0.2, 0.25) is 10.0 Å². The second-order valence-corrected chi connectivity index (χ2v) is 7.18. The highest BCUT2D eigenvalue weighted by molar-refractivity contribution is 7.89. The predicted molar refractivity (Wildman–Crippen MR) is 84.7 cm³/mol. The number of unbranched alkanes of at least 4 members (excludes halogenated alkanes) is 2. The van der Waals surface area contributed by atoms with Crippen LogP contribution in [0.15, 0.2) is 4.90 Å². The molecule has 0 saturated heterocycles. The highest BCUT2D eigenvalue weighted by Gasteiger charge is 2.25. The fraction of sp³-hybridized carbons (Fsp3) is 0.786. The largest absolute Gasteiger partial charge is 0.329 e. The summed E-state index contributed by atoms with van der Waals surface area (Å²) in [6.07, 6.45) is 4.13. The molecule has 1 heterocycles. The van der Waals surface area contributed by atoms with Gasteiger partial charge in [0.15, 0.2) is 0 Å². The topological polar surface area (TPSA) is 90.0 Å². The second kappa shape index (κ2) is 7.91. The van der Waals surface area contributed by atoms with E-state index in [9.17, 15) is 8.42 Å². The third kappa shape index (κ3) is 4.79. The number of hydrogen-bond acceptors (Lipinski definition) is 4. The van der Waals surface area contributed by atoms with Gasteiger partial charge in [-0.1, -0.05) is 26.2 Å². The van der Waals surface area contributed by atoms with Crippen LogP contribution < -0.4 is 10.5 Å². The van der Waals surface area contributed by atoms with Crippen molar-refractivity contribution in [2.24, 2.45) is 5.73 Å². The molecule has 0 aliphatic carbocycles. The van der Waals surface area contributed by atoms with Gasteiger partial charge in [-0.25, -0.2) is 13.1 Å². The Morgan fingerprint density at radius 1 is 1.33 bits per heavy atom. The van der Waals surface area contributed by atoms with Gasteiger partial charge >= 0.3 is 0 Å². The molecule has 0 spiro atoms. The van der Waals surface area contributed by atoms with Gasteiger partial charge in [0.05, 0.1) is 17.9 Å². The monoisotopic (exact) mass is 316 g/mol. The highest BCUT2D eigenvalue weighted by atomic mass is 32.2. The zero-order chi connectivity index (χ0) is 16.0. The molecule has 0 radical (unpaired) electrons. The molecule has 0 fully saturated rings. The Morgan fingerprint density at radius 3 is 2.57 bits per heavy atom. The van der Waals surface area contributed by atoms with Crippen LogP contribution in [0.5, 0.6) is 0 Å². The SMILES string of the molecule is CCCCCC(C)NS(=O)(=O)c1c(C)nn(CCN)c1C. The quantitative estimate of drug-likeness (QED) is 0.679. The normalized spacial score (nSPS) is 13.6. The van der Waals surface area contributed by atoms with E-state index in [1.54, 1.807) is 18.5 Å². The van der Waals surface area contributed by atoms with Gasteiger partial charge < -0.3 is 5.73 Å². The lowest BCUT2D eigenvalue weighted by molar-refractivity contribution is 0.526. The maximum absolute atomic E-state index is 12.5. The van der Waals surface area contributed by atoms with Gasteiger partial charge in [-0.05, 0) is 27.2 Å². The van der Waals surface area contributed by atoms with Gasteiger partial charge in [-0.15, -0.1) is 0 Å². The smallest absolute Gasteiger partial charge is 0.244 e. The van der Waals surface area contributed by atoms with Crippen LogP contribution in [-0.2, 0) is 16.6 Å². The molecule has 1 unspecified atom stereocenters. The molecule has 0 bridgehead atoms. The van der Waals surface area contributed by atoms with Crippen LogP contribution in [0.4, 0.5) is 0 Å². The van der Waals surface area contributed by atoms with Gasteiger partial charge in [0.25, 0.3) is 0 Å². The predicted octanol–water partition coefficient (Wildman–Crippen LogP) is 1.71. The summed E-state index contributed by atoms with van der Waals surface area (Å²) in [4.78, 5) is 0.290. The van der Waals surface area contributed by atoms with Gasteiger partial charge in [-0.2, -0.15) is 5.10 Å². The van der Waals surface area contributed by atoms with Crippen LogP contribution in [0.1, 0.15) is 50.9 Å². The molecule has 3 N–H and O–H groups in total. The third-order valence-corrected chi connectivity index (χ3v) is 5.36. The first kappa shape index (κ1) is 18.1. The van der Waals surface area contributed by atoms with Crippen LogP contribution in [0.25, 0.3) is 0 Å². The molecule has 122 valence electrons. The summed E-state index contributed by atoms with van der Waals surface area (Å²) in [7, 11) is -3.53. The molecule has 1 atom stereocenters. The van der Waals surface area contributed by atoms with Crippen molar-refractivity contribution < 1.29 is 8.42 Å². The lowest BCUT2D eigenvalue weighted by atomic mass is 10.1. The standard InChI is InChI=1S/C14H28N4O2S/c1-5-6-7-8-11(2)17-21(19,20)14-12(3)16-18(10-9-15)13(14)4/h11,17H,5-10,15H2,1-4H3. The number of hydrogen-bond donors (Lipinski definition) is 2. The Kier molecular flexibility index (Phi) is 6.83. The molecule has 6 nitrogen and oxygen atoms in total. The Labute approximate surface area is 128 Å². The maximum Gasteiger partial charge on any atom is 0.244 e. The van der Waals surface area contributed by atoms with Crippen molar-refractivity contribution in [3.8, 4) is 0 Å². The summed E-state index contributed by atoms with van der Waals surface area (Å²) >= 11 is 0. The van der Waals surface area contributed by atoms with Crippen molar-refractivity contribution in [2.75, 3.05) is 6.54 Å². The molecule has 1 rings (SSSR count). The average molecular weight is 316 g/mol. The van der Waals surface area contributed by atoms with Gasteiger partial charge in [-0.3, -0.25) is 4.68 Å². The summed E-state index contributed by atoms with van der Waals surface area (Å²) in [5.41, 5.74) is 6.69. The highest BCUT2D eigenvalue weighted by Crippen LogP contribution is 2.20. The van der Waals surface area contributed by atoms with Gasteiger partial charge in [0, 0.05) is 12.6 Å². The number of nitrogens with one attached hydrogen (secondary N) is 1. The molecule has 1 aromatic heterocycles. The van der Waals surface area contributed by atoms with E-state index >= 15 is 0 Å². The fourth-order valence-electron chi connectivity index (χ4n) is 2.49. The van der Waals surface area contributed by atoms with Crippen LogP contribution in [-0.4, -0.2) is 30.8 Å². The fourth-order valence-corrected chi connectivity index (χ4v) is 4.18. The molecular formula is C14H28N4O2S. The minimum Gasteiger partial charge on any atom is -0.329 e. The Hall–Kier alpha value is -0.920. The van der Waals surface area contributed by atoms with E-state index < -0.39 is 10.0 Å². The zero-order valence-corrected chi connectivity index (χ0v) is 14.3. The minimum absolute atomic E-state index is 0.0711. The Bertz CT molecular complexity index is 552. The van der Waals surface area contributed by atoms with E-state index in [2.05, 4.69) is 16.7 Å². The number of nitrogens with zero attached hydrogens (tertiary/aromatic N) is 2. The molecule has 0 saturated carbocycles. The van der Waals surface area contributed by atoms with Gasteiger partial charge in [0.1, 0.15) is 4.90 Å². The van der Waals surface area contributed by atoms with Crippen LogP contribution in [0.3, 0.4) is 0 Å². The van der Waals surface area contributed by atoms with Crippen LogP contribution in [0, 0.1) is 13.8 Å². The molecule has 7 heteroatoms. The summed E-state index contributed by atoms with van der Waals surface area (Å²) in [5, 5.41) is 4.27. The molecule has 21 heavy (non-hydrogen) atoms. The van der Waals surface area contributed by atoms with E-state index in [1.165, 1.54) is 0 Å². The van der Waals surface area contributed by atoms with Crippen molar-refractivity contribution in [3.05, 3.63) is 11.4 Å². The van der Waals surface area contributed by atoms with Crippen molar-refractivity contribution in [3.63, 3.8) is 0 Å². The lowest BCUT2D eigenvalue weighted by Crippen LogP contribution is -2.33. The molecule has 0 aliphatic rings. The van der Waals surface area contributed by atoms with Crippen LogP contribution >= 0.6 is 0 Å². The summed E-state index contributed by atoms with van der Waals surface area (Å²) in [6.45, 7) is 8.48. The average Bonchev–Trinajstić information content (AvgIpc) is 2.65. The number of nitrogens with two attached hydrogens (primary N) is 1. The van der Waals surface area contributed by atoms with E-state index in [0.717, 1.165) is 25.7 Å². The number of sulfonamides is 1. The minimum atomic E-state index is -3.53. The van der Waals surface area contributed by atoms with Crippen LogP contribution in [0.2, 0.25) is 0 Å². The van der Waals surface area contributed by atoms with Crippen molar-refractivity contribution in [1.29, 1.82) is 0 Å². The van der Waals surface area contributed by atoms with E-state index in [4.69, 9.17) is 5.73 Å². The molecular weight excluding hydrogens is 288 g/mol. The van der Waals surface area contributed by atoms with E-state index in [0.29, 0.717) is 29.4 Å². The Morgan fingerprint density at radius 2 is 2.00 bits per heavy atom. The first-order valence-corrected chi connectivity index (χ1v) is 9.08. The first-order chi connectivity index (χ1) is 9.83. The first-order valence-electron chi connectivity index (χ1n) is 7.59. The third-order valence-electron chi connectivity index (χ3n) is 3.52. The molecule has 0 amide bonds. The summed E-state index contributed by atoms with van der Waals surface area (Å²) in [6, 6.07) is -0.0711. The second-order valence-electron chi connectivity index (χ2n) is 5.53. The Balaban J connectivity index is 2.88. The molecule has 0 aromatic carbocycles. The van der Waals surface area contributed by atoms with Crippen molar-refractivity contribution in [1.82, 2.24) is 14.5 Å². The molecule has 0 aliphatic heterocycles.